The van der Waals surface area contributed by atoms with Crippen LogP contribution in [0.1, 0.15) is 83.4 Å². The fraction of sp³-hybridized carbons (Fsp3) is 0.606. The number of benzene rings is 1. The molecule has 2 N–H and O–H groups in total. The Kier molecular flexibility index (Phi) is 8.72. The van der Waals surface area contributed by atoms with Crippen LogP contribution in [0.5, 0.6) is 0 Å². The molecule has 2 bridgehead atoms. The number of likely N-dealkylation sites (tertiary alicyclic amines) is 2. The van der Waals surface area contributed by atoms with Gasteiger partial charge in [0.15, 0.2) is 0 Å². The lowest BCUT2D eigenvalue weighted by atomic mass is 9.83. The number of carbonyl (C=O) groups is 4. The van der Waals surface area contributed by atoms with Gasteiger partial charge in [-0.25, -0.2) is 9.13 Å². The van der Waals surface area contributed by atoms with Crippen molar-refractivity contribution in [2.75, 3.05) is 33.9 Å². The highest BCUT2D eigenvalue weighted by Gasteiger charge is 2.50. The Balaban J connectivity index is 1.22. The zero-order chi connectivity index (χ0) is 31.1. The number of aromatic nitrogens is 2. The second-order valence-corrected chi connectivity index (χ2v) is 12.9. The molecule has 2 unspecified atom stereocenters. The van der Waals surface area contributed by atoms with Crippen molar-refractivity contribution in [3.8, 4) is 0 Å². The average molecular weight is 606 g/mol. The zero-order valence-electron chi connectivity index (χ0n) is 26.3. The van der Waals surface area contributed by atoms with Gasteiger partial charge in [-0.2, -0.15) is 0 Å². The summed E-state index contributed by atoms with van der Waals surface area (Å²) in [6, 6.07) is 6.38. The summed E-state index contributed by atoms with van der Waals surface area (Å²) in [6.07, 6.45) is 6.14. The number of ether oxygens (including phenoxy) is 1. The molecule has 0 radical (unpaired) electrons. The van der Waals surface area contributed by atoms with Crippen LogP contribution in [0, 0.1) is 5.92 Å². The molecule has 0 spiro atoms. The van der Waals surface area contributed by atoms with Crippen LogP contribution in [-0.4, -0.2) is 95.8 Å². The minimum Gasteiger partial charge on any atom is -0.381 e. The zero-order valence-corrected chi connectivity index (χ0v) is 26.3. The molecule has 3 heterocycles. The van der Waals surface area contributed by atoms with E-state index in [1.165, 1.54) is 6.42 Å². The highest BCUT2D eigenvalue weighted by atomic mass is 16.5. The number of hydrogen-bond donors (Lipinski definition) is 2. The first-order valence-electron chi connectivity index (χ1n) is 16.1. The van der Waals surface area contributed by atoms with Crippen molar-refractivity contribution in [3.63, 3.8) is 0 Å². The van der Waals surface area contributed by atoms with Crippen LogP contribution >= 0.6 is 0 Å². The van der Waals surface area contributed by atoms with Gasteiger partial charge in [0, 0.05) is 43.4 Å². The summed E-state index contributed by atoms with van der Waals surface area (Å²) in [4.78, 5) is 58.6. The molecule has 2 saturated heterocycles. The second kappa shape index (κ2) is 12.5. The third-order valence-electron chi connectivity index (χ3n) is 10.4. The number of nitrogens with one attached hydrogen (secondary N) is 2. The number of likely N-dealkylation sites (N-methyl/N-ethyl adjacent to an activating group) is 1. The fourth-order valence-corrected chi connectivity index (χ4v) is 7.80. The molecule has 11 nitrogen and oxygen atoms in total. The van der Waals surface area contributed by atoms with Gasteiger partial charge < -0.3 is 20.3 Å². The lowest BCUT2D eigenvalue weighted by molar-refractivity contribution is -0.681. The number of imidazole rings is 1. The summed E-state index contributed by atoms with van der Waals surface area (Å²) in [5.41, 5.74) is 1.72. The first kappa shape index (κ1) is 30.6. The number of rotatable bonds is 10. The monoisotopic (exact) mass is 605 g/mol. The second-order valence-electron chi connectivity index (χ2n) is 12.9. The van der Waals surface area contributed by atoms with Crippen LogP contribution in [-0.2, 0) is 34.5 Å². The molecular weight excluding hydrogens is 560 g/mol. The van der Waals surface area contributed by atoms with E-state index in [0.29, 0.717) is 55.3 Å². The molecule has 2 aromatic rings. The number of hydrogen-bond acceptors (Lipinski definition) is 7. The molecule has 2 amide bonds. The molecule has 2 aliphatic heterocycles. The van der Waals surface area contributed by atoms with E-state index < -0.39 is 6.04 Å². The van der Waals surface area contributed by atoms with Crippen molar-refractivity contribution in [1.29, 1.82) is 0 Å². The Hall–Kier alpha value is -3.41. The van der Waals surface area contributed by atoms with Crippen LogP contribution in [0.4, 0.5) is 0 Å². The predicted molar refractivity (Wildman–Crippen MR) is 162 cm³/mol. The van der Waals surface area contributed by atoms with Crippen LogP contribution in [0.15, 0.2) is 24.3 Å². The van der Waals surface area contributed by atoms with Crippen molar-refractivity contribution in [1.82, 2.24) is 25.0 Å². The topological polar surface area (TPSA) is 117 Å². The molecule has 4 atom stereocenters. The van der Waals surface area contributed by atoms with Crippen LogP contribution in [0.3, 0.4) is 0 Å². The van der Waals surface area contributed by atoms with Gasteiger partial charge in [0.25, 0.3) is 5.82 Å². The summed E-state index contributed by atoms with van der Waals surface area (Å²) < 4.78 is 9.24. The Morgan fingerprint density at radius 2 is 1.75 bits per heavy atom. The summed E-state index contributed by atoms with van der Waals surface area (Å²) in [5, 5.41) is 6.10. The third kappa shape index (κ3) is 5.28. The first-order valence-corrected chi connectivity index (χ1v) is 16.1. The average Bonchev–Trinajstić information content (AvgIpc) is 3.73. The highest BCUT2D eigenvalue weighted by molar-refractivity contribution is 6.26. The van der Waals surface area contributed by atoms with E-state index >= 15 is 0 Å². The fourth-order valence-electron chi connectivity index (χ4n) is 7.80. The summed E-state index contributed by atoms with van der Waals surface area (Å²) in [5.74, 6) is 0.657. The van der Waals surface area contributed by atoms with Crippen molar-refractivity contribution in [3.05, 3.63) is 52.6 Å². The van der Waals surface area contributed by atoms with E-state index in [0.717, 1.165) is 37.9 Å². The Morgan fingerprint density at radius 1 is 1.05 bits per heavy atom. The van der Waals surface area contributed by atoms with Crippen LogP contribution in [0.2, 0.25) is 0 Å². The van der Waals surface area contributed by atoms with Gasteiger partial charge in [0.05, 0.1) is 19.7 Å². The number of amides is 2. The largest absolute Gasteiger partial charge is 0.381 e. The Bertz CT molecular complexity index is 1460. The number of carbonyl (C=O) groups excluding carboxylic acids is 4. The van der Waals surface area contributed by atoms with Gasteiger partial charge in [-0.3, -0.25) is 24.1 Å². The normalized spacial score (nSPS) is 23.0. The van der Waals surface area contributed by atoms with Crippen LogP contribution in [0.25, 0.3) is 0 Å². The van der Waals surface area contributed by atoms with Gasteiger partial charge in [-0.15, -0.1) is 0 Å². The third-order valence-corrected chi connectivity index (χ3v) is 10.4. The first-order chi connectivity index (χ1) is 21.2. The molecule has 1 saturated carbocycles. The number of fused-ring (bicyclic) bond motifs is 4. The summed E-state index contributed by atoms with van der Waals surface area (Å²) in [6.45, 7) is 4.54. The van der Waals surface area contributed by atoms with E-state index in [1.807, 2.05) is 28.0 Å². The minimum atomic E-state index is -0.499. The van der Waals surface area contributed by atoms with Crippen LogP contribution < -0.4 is 15.2 Å². The molecular formula is C33H45N6O5+. The molecule has 3 fully saturated rings. The van der Waals surface area contributed by atoms with E-state index in [4.69, 9.17) is 4.74 Å². The van der Waals surface area contributed by atoms with Crippen molar-refractivity contribution in [2.24, 2.45) is 13.0 Å². The van der Waals surface area contributed by atoms with E-state index in [1.54, 1.807) is 38.4 Å². The number of ketones is 2. The molecule has 2 aliphatic carbocycles. The van der Waals surface area contributed by atoms with Gasteiger partial charge in [-0.05, 0) is 39.2 Å². The summed E-state index contributed by atoms with van der Waals surface area (Å²) >= 11 is 0. The van der Waals surface area contributed by atoms with E-state index in [-0.39, 0.29) is 47.4 Å². The Morgan fingerprint density at radius 3 is 2.39 bits per heavy atom. The number of nitrogens with zero attached hydrogens (tertiary/aromatic N) is 4. The number of piperazine rings is 1. The quantitative estimate of drug-likeness (QED) is 0.334. The highest BCUT2D eigenvalue weighted by Crippen LogP contribution is 2.35. The maximum Gasteiger partial charge on any atom is 0.271 e. The molecule has 4 aliphatic rings. The lowest BCUT2D eigenvalue weighted by Gasteiger charge is -2.38. The molecule has 11 heteroatoms. The Labute approximate surface area is 258 Å². The molecule has 44 heavy (non-hydrogen) atoms. The van der Waals surface area contributed by atoms with Crippen molar-refractivity contribution >= 4 is 23.4 Å². The standard InChI is InChI=1S/C33H44N6O5/c1-20(34-2)32(42)35-27(21-10-6-5-7-11-21)33(43)39-18-22-16-23(39)17-37(22)19-26-36(3)28-29(38(26)14-15-44-4)31(41)25-13-9-8-12-24(25)30(28)40/h8-9,12-13,20-23,27,34H,5-7,10-11,14-19H2,1-4H3/p+1/t20-,22?,23?,27-/m0/s1. The SMILES string of the molecule is CN[C@@H](C)C(=O)N[C@H](C(=O)N1CC2CC1CN2Cc1n(CCOC)c2c([n+]1C)C(=O)c1ccccc1C2=O)C1CCCCC1. The van der Waals surface area contributed by atoms with Crippen molar-refractivity contribution < 1.29 is 28.5 Å². The summed E-state index contributed by atoms with van der Waals surface area (Å²) in [7, 11) is 5.25. The van der Waals surface area contributed by atoms with E-state index in [9.17, 15) is 19.2 Å². The van der Waals surface area contributed by atoms with E-state index in [2.05, 4.69) is 15.5 Å². The lowest BCUT2D eigenvalue weighted by Crippen LogP contribution is -2.59. The molecule has 1 aromatic carbocycles. The number of methoxy groups -OCH3 is 1. The van der Waals surface area contributed by atoms with Gasteiger partial charge >= 0.3 is 0 Å². The maximum absolute atomic E-state index is 14.1. The van der Waals surface area contributed by atoms with Gasteiger partial charge in [0.1, 0.15) is 19.1 Å². The molecule has 236 valence electrons. The van der Waals surface area contributed by atoms with Crippen molar-refractivity contribution in [2.45, 2.75) is 82.7 Å². The maximum atomic E-state index is 14.1. The predicted octanol–water partition coefficient (Wildman–Crippen LogP) is 1.19. The van der Waals surface area contributed by atoms with Gasteiger partial charge in [-0.1, -0.05) is 43.5 Å². The molecule has 1 aromatic heterocycles. The molecule has 6 rings (SSSR count). The smallest absolute Gasteiger partial charge is 0.271 e. The minimum absolute atomic E-state index is 0.0409. The van der Waals surface area contributed by atoms with Gasteiger partial charge in [0.2, 0.25) is 34.8 Å².